The number of likely N-dealkylation sites (N-methyl/N-ethyl adjacent to an activating group) is 1. The summed E-state index contributed by atoms with van der Waals surface area (Å²) in [7, 11) is -2.40. The summed E-state index contributed by atoms with van der Waals surface area (Å²) in [5.74, 6) is -2.47. The van der Waals surface area contributed by atoms with Gasteiger partial charge in [0.05, 0.1) is 18.4 Å². The maximum Gasteiger partial charge on any atom is 0.311 e. The van der Waals surface area contributed by atoms with Gasteiger partial charge in [-0.3, -0.25) is 9.00 Å². The third kappa shape index (κ3) is 6.82. The highest BCUT2D eigenvalue weighted by Gasteiger charge is 2.43. The van der Waals surface area contributed by atoms with E-state index in [0.717, 1.165) is 6.04 Å². The molecule has 1 heterocycles. The van der Waals surface area contributed by atoms with Crippen molar-refractivity contribution in [3.63, 3.8) is 0 Å². The predicted molar refractivity (Wildman–Crippen MR) is 135 cm³/mol. The Bertz CT molecular complexity index is 888. The van der Waals surface area contributed by atoms with Gasteiger partial charge in [0, 0.05) is 27.0 Å². The van der Waals surface area contributed by atoms with Gasteiger partial charge in [0.1, 0.15) is 18.0 Å². The first-order valence-corrected chi connectivity index (χ1v) is 17.1. The van der Waals surface area contributed by atoms with Crippen LogP contribution in [0.4, 0.5) is 4.39 Å². The number of carboxylic acid groups (broad SMARTS) is 1. The summed E-state index contributed by atoms with van der Waals surface area (Å²) in [6, 6.07) is 5.56. The fourth-order valence-electron chi connectivity index (χ4n) is 3.87. The molecule has 1 aromatic rings. The van der Waals surface area contributed by atoms with E-state index in [9.17, 15) is 14.1 Å². The molecule has 1 fully saturated rings. The second-order valence-corrected chi connectivity index (χ2v) is 19.4. The summed E-state index contributed by atoms with van der Waals surface area (Å²) in [4.78, 5) is 11.5. The zero-order chi connectivity index (χ0) is 25.0. The minimum Gasteiger partial charge on any atom is -0.481 e. The number of carbonyl (C=O) groups is 1. The second kappa shape index (κ2) is 11.4. The minimum absolute atomic E-state index is 0.137. The van der Waals surface area contributed by atoms with Gasteiger partial charge in [-0.1, -0.05) is 51.7 Å². The van der Waals surface area contributed by atoms with Gasteiger partial charge in [0.2, 0.25) is 0 Å². The molecule has 0 radical (unpaired) electrons. The van der Waals surface area contributed by atoms with Crippen LogP contribution in [0.1, 0.15) is 43.2 Å². The summed E-state index contributed by atoms with van der Waals surface area (Å²) in [5, 5.41) is 9.30. The Balaban J connectivity index is 2.17. The van der Waals surface area contributed by atoms with Gasteiger partial charge >= 0.3 is 5.97 Å². The number of benzene rings is 1. The Morgan fingerprint density at radius 2 is 2.09 bits per heavy atom. The summed E-state index contributed by atoms with van der Waals surface area (Å²) < 4.78 is 42.3. The maximum absolute atomic E-state index is 15.1. The van der Waals surface area contributed by atoms with Gasteiger partial charge in [0.15, 0.2) is 0 Å². The lowest BCUT2D eigenvalue weighted by molar-refractivity contribution is -0.138. The lowest BCUT2D eigenvalue weighted by Gasteiger charge is -2.48. The van der Waals surface area contributed by atoms with Crippen LogP contribution in [0, 0.1) is 5.82 Å². The summed E-state index contributed by atoms with van der Waals surface area (Å²) in [6.07, 6.45) is 1.22. The molecule has 33 heavy (non-hydrogen) atoms. The average Bonchev–Trinajstić information content (AvgIpc) is 2.68. The van der Waals surface area contributed by atoms with Gasteiger partial charge in [-0.15, -0.1) is 6.58 Å². The third-order valence-electron chi connectivity index (χ3n) is 6.30. The number of carboxylic acids is 1. The van der Waals surface area contributed by atoms with E-state index < -0.39 is 42.1 Å². The van der Waals surface area contributed by atoms with E-state index in [4.69, 9.17) is 9.47 Å². The Kier molecular flexibility index (Phi) is 9.58. The molecule has 0 aromatic heterocycles. The molecule has 3 unspecified atom stereocenters. The number of hydrogen-bond donors (Lipinski definition) is 2. The second-order valence-electron chi connectivity index (χ2n) is 10.3. The van der Waals surface area contributed by atoms with Crippen LogP contribution in [0.25, 0.3) is 0 Å². The molecule has 1 saturated heterocycles. The van der Waals surface area contributed by atoms with Gasteiger partial charge in [0.25, 0.3) is 0 Å². The fraction of sp³-hybridized carbons (Fsp3) is 0.625. The third-order valence-corrected chi connectivity index (χ3v) is 11.5. The standard InChI is InChI=1S/C24H40FNO5SSi/c1-8-9-19(24(27)28)18-10-11-20(22(25)14-18)21-15-31-23(21)26(4)32(29,17(2)3)16-30-12-13-33(5,6)7/h8,10-11,14,17,19,21,23,32H,1,9,12-13,15-16H2,2-7H3,(H,27,28). The SMILES string of the molecule is C=CCC(C(=O)O)c1ccc(C2COC2N(C)[SH](=O)(COCC[Si](C)(C)C)C(C)C)c(F)c1. The summed E-state index contributed by atoms with van der Waals surface area (Å²) >= 11 is 0. The molecule has 2 rings (SSSR count). The van der Waals surface area contributed by atoms with E-state index in [-0.39, 0.29) is 23.5 Å². The molecule has 6 nitrogen and oxygen atoms in total. The molecule has 3 atom stereocenters. The van der Waals surface area contributed by atoms with Crippen molar-refractivity contribution in [1.29, 1.82) is 0 Å². The first kappa shape index (κ1) is 27.8. The van der Waals surface area contributed by atoms with Crippen molar-refractivity contribution in [1.82, 2.24) is 4.31 Å². The van der Waals surface area contributed by atoms with Crippen LogP contribution in [0.15, 0.2) is 30.9 Å². The predicted octanol–water partition coefficient (Wildman–Crippen LogP) is 4.59. The van der Waals surface area contributed by atoms with Crippen molar-refractivity contribution in [2.45, 2.75) is 69.3 Å². The van der Waals surface area contributed by atoms with E-state index in [1.807, 2.05) is 13.8 Å². The highest BCUT2D eigenvalue weighted by Crippen LogP contribution is 2.38. The van der Waals surface area contributed by atoms with Crippen molar-refractivity contribution >= 4 is 24.2 Å². The van der Waals surface area contributed by atoms with Crippen molar-refractivity contribution in [2.24, 2.45) is 0 Å². The molecule has 9 heteroatoms. The van der Waals surface area contributed by atoms with Gasteiger partial charge < -0.3 is 14.6 Å². The van der Waals surface area contributed by atoms with Gasteiger partial charge in [-0.2, -0.15) is 0 Å². The molecule has 0 bridgehead atoms. The van der Waals surface area contributed by atoms with Gasteiger partial charge in [-0.25, -0.2) is 8.70 Å². The van der Waals surface area contributed by atoms with Crippen LogP contribution in [-0.4, -0.2) is 65.3 Å². The number of rotatable bonds is 13. The van der Waals surface area contributed by atoms with E-state index in [0.29, 0.717) is 24.3 Å². The number of hydrogen-bond acceptors (Lipinski definition) is 4. The van der Waals surface area contributed by atoms with Crippen molar-refractivity contribution in [3.8, 4) is 0 Å². The average molecular weight is 502 g/mol. The topological polar surface area (TPSA) is 76.1 Å². The fourth-order valence-corrected chi connectivity index (χ4v) is 6.84. The highest BCUT2D eigenvalue weighted by atomic mass is 32.3. The number of aliphatic carboxylic acids is 1. The number of thiol groups is 1. The first-order chi connectivity index (χ1) is 15.3. The Labute approximate surface area is 199 Å². The maximum atomic E-state index is 15.1. The van der Waals surface area contributed by atoms with Crippen molar-refractivity contribution < 1.29 is 28.0 Å². The smallest absolute Gasteiger partial charge is 0.311 e. The Morgan fingerprint density at radius 1 is 1.42 bits per heavy atom. The summed E-state index contributed by atoms with van der Waals surface area (Å²) in [5.41, 5.74) is 0.844. The van der Waals surface area contributed by atoms with Crippen LogP contribution in [-0.2, 0) is 24.4 Å². The molecule has 1 aromatic carbocycles. The number of nitrogens with zero attached hydrogens (tertiary/aromatic N) is 1. The zero-order valence-corrected chi connectivity index (χ0v) is 22.6. The van der Waals surface area contributed by atoms with E-state index in [1.165, 1.54) is 12.1 Å². The van der Waals surface area contributed by atoms with Crippen LogP contribution in [0.2, 0.25) is 25.7 Å². The largest absolute Gasteiger partial charge is 0.481 e. The Morgan fingerprint density at radius 3 is 2.55 bits per heavy atom. The van der Waals surface area contributed by atoms with Crippen LogP contribution >= 0.6 is 0 Å². The first-order valence-electron chi connectivity index (χ1n) is 11.5. The molecule has 1 aliphatic rings. The van der Waals surface area contributed by atoms with E-state index >= 15 is 4.39 Å². The number of halogens is 1. The number of allylic oxidation sites excluding steroid dienone is 1. The van der Waals surface area contributed by atoms with Gasteiger partial charge in [-0.05, 0) is 39.8 Å². The molecule has 0 spiro atoms. The zero-order valence-electron chi connectivity index (χ0n) is 20.7. The molecule has 0 aliphatic carbocycles. The van der Waals surface area contributed by atoms with E-state index in [2.05, 4.69) is 26.2 Å². The molecular formula is C24H40FNO5SSi. The molecule has 1 aliphatic heterocycles. The van der Waals surface area contributed by atoms with Crippen molar-refractivity contribution in [3.05, 3.63) is 47.8 Å². The molecule has 0 amide bonds. The number of ether oxygens (including phenoxy) is 2. The summed E-state index contributed by atoms with van der Waals surface area (Å²) in [6.45, 7) is 15.1. The quantitative estimate of drug-likeness (QED) is 0.179. The normalized spacial score (nSPS) is 20.5. The molecule has 1 N–H and O–H groups in total. The van der Waals surface area contributed by atoms with Crippen LogP contribution in [0.5, 0.6) is 0 Å². The highest BCUT2D eigenvalue weighted by molar-refractivity contribution is 8.01. The van der Waals surface area contributed by atoms with Crippen LogP contribution < -0.4 is 0 Å². The van der Waals surface area contributed by atoms with Crippen molar-refractivity contribution in [2.75, 3.05) is 26.2 Å². The lowest BCUT2D eigenvalue weighted by Crippen LogP contribution is -2.56. The minimum atomic E-state index is -2.92. The molecular weight excluding hydrogens is 461 g/mol. The molecule has 188 valence electrons. The monoisotopic (exact) mass is 501 g/mol. The Hall–Kier alpha value is -1.39. The lowest BCUT2D eigenvalue weighted by atomic mass is 9.89. The van der Waals surface area contributed by atoms with E-state index in [1.54, 1.807) is 23.5 Å². The van der Waals surface area contributed by atoms with Crippen LogP contribution in [0.3, 0.4) is 0 Å². The molecule has 0 saturated carbocycles.